The van der Waals surface area contributed by atoms with Gasteiger partial charge in [0.25, 0.3) is 0 Å². The third kappa shape index (κ3) is 5.81. The lowest BCUT2D eigenvalue weighted by molar-refractivity contribution is -0.150. The molecule has 0 spiro atoms. The topological polar surface area (TPSA) is 84.7 Å². The number of nitrogens with two attached hydrogens (primary N) is 1. The molecule has 1 fully saturated rings. The number of fused-ring (bicyclic) bond motifs is 1. The van der Waals surface area contributed by atoms with Crippen molar-refractivity contribution >= 4 is 22.6 Å². The highest BCUT2D eigenvalue weighted by Gasteiger charge is 2.40. The predicted molar refractivity (Wildman–Crippen MR) is 155 cm³/mol. The lowest BCUT2D eigenvalue weighted by Gasteiger charge is -2.39. The van der Waals surface area contributed by atoms with Crippen LogP contribution >= 0.6 is 0 Å². The van der Waals surface area contributed by atoms with E-state index < -0.39 is 12.1 Å². The first-order valence-electron chi connectivity index (χ1n) is 13.6. The number of carbonyl (C=O) groups excluding carboxylic acids is 2. The first-order valence-corrected chi connectivity index (χ1v) is 13.6. The van der Waals surface area contributed by atoms with Crippen molar-refractivity contribution in [1.29, 1.82) is 0 Å². The van der Waals surface area contributed by atoms with E-state index in [2.05, 4.69) is 29.6 Å². The van der Waals surface area contributed by atoms with E-state index in [4.69, 9.17) is 10.5 Å². The Morgan fingerprint density at radius 2 is 1.56 bits per heavy atom. The van der Waals surface area contributed by atoms with Gasteiger partial charge in [-0.2, -0.15) is 0 Å². The Hall–Kier alpha value is -4.16. The fourth-order valence-electron chi connectivity index (χ4n) is 5.46. The molecule has 0 aromatic heterocycles. The van der Waals surface area contributed by atoms with E-state index in [0.717, 1.165) is 51.6 Å². The largest absolute Gasteiger partial charge is 0.496 e. The second-order valence-electron chi connectivity index (χ2n) is 10.1. The standard InChI is InChI=1S/C33H35N3O3/c1-39-31-27(19-18-26-11-5-6-12-28(26)31)21-29-33(38)36(30(32(37)35-29)13-7-8-20-34)22-23-14-16-25(17-15-23)24-9-3-2-4-10-24/h2-6,9-12,14-19,29-30H,7-8,13,20-22,34H2,1H3,(H,35,37). The Morgan fingerprint density at radius 3 is 2.31 bits per heavy atom. The SMILES string of the molecule is COc1c(CC2NC(=O)C(CCCCN)N(Cc3ccc(-c4ccccc4)cc3)C2=O)ccc2ccccc12. The van der Waals surface area contributed by atoms with Gasteiger partial charge in [-0.05, 0) is 53.4 Å². The quantitative estimate of drug-likeness (QED) is 0.285. The Balaban J connectivity index is 1.40. The number of amides is 2. The molecule has 0 radical (unpaired) electrons. The summed E-state index contributed by atoms with van der Waals surface area (Å²) in [5.41, 5.74) is 9.84. The number of hydrogen-bond acceptors (Lipinski definition) is 4. The van der Waals surface area contributed by atoms with Crippen LogP contribution in [0.4, 0.5) is 0 Å². The van der Waals surface area contributed by atoms with Gasteiger partial charge in [-0.1, -0.05) is 91.0 Å². The number of rotatable bonds is 10. The fourth-order valence-corrected chi connectivity index (χ4v) is 5.46. The van der Waals surface area contributed by atoms with E-state index in [0.29, 0.717) is 25.9 Å². The van der Waals surface area contributed by atoms with Crippen LogP contribution in [0.2, 0.25) is 0 Å². The minimum atomic E-state index is -0.665. The van der Waals surface area contributed by atoms with Gasteiger partial charge in [-0.15, -0.1) is 0 Å². The number of unbranched alkanes of at least 4 members (excludes halogenated alkanes) is 1. The summed E-state index contributed by atoms with van der Waals surface area (Å²) in [6.45, 7) is 0.938. The zero-order valence-electron chi connectivity index (χ0n) is 22.3. The molecule has 6 heteroatoms. The summed E-state index contributed by atoms with van der Waals surface area (Å²) in [7, 11) is 1.64. The lowest BCUT2D eigenvalue weighted by Crippen LogP contribution is -2.63. The normalized spacial score (nSPS) is 17.3. The molecule has 1 aliphatic rings. The summed E-state index contributed by atoms with van der Waals surface area (Å²) in [6.07, 6.45) is 2.55. The summed E-state index contributed by atoms with van der Waals surface area (Å²) >= 11 is 0. The Bertz CT molecular complexity index is 1440. The highest BCUT2D eigenvalue weighted by Crippen LogP contribution is 2.32. The van der Waals surface area contributed by atoms with Gasteiger partial charge in [0.2, 0.25) is 11.8 Å². The second kappa shape index (κ2) is 12.1. The molecule has 39 heavy (non-hydrogen) atoms. The van der Waals surface area contributed by atoms with Crippen LogP contribution in [0.5, 0.6) is 5.75 Å². The Morgan fingerprint density at radius 1 is 0.846 bits per heavy atom. The summed E-state index contributed by atoms with van der Waals surface area (Å²) in [5, 5.41) is 5.08. The fraction of sp³-hybridized carbons (Fsp3) is 0.273. The van der Waals surface area contributed by atoms with Crippen molar-refractivity contribution in [2.75, 3.05) is 13.7 Å². The predicted octanol–water partition coefficient (Wildman–Crippen LogP) is 5.08. The number of benzene rings is 4. The van der Waals surface area contributed by atoms with Crippen molar-refractivity contribution in [3.63, 3.8) is 0 Å². The van der Waals surface area contributed by atoms with E-state index in [1.807, 2.05) is 66.7 Å². The van der Waals surface area contributed by atoms with Gasteiger partial charge in [-0.25, -0.2) is 0 Å². The Labute approximate surface area is 229 Å². The highest BCUT2D eigenvalue weighted by molar-refractivity contribution is 5.97. The minimum Gasteiger partial charge on any atom is -0.496 e. The maximum atomic E-state index is 13.9. The molecule has 2 unspecified atom stereocenters. The van der Waals surface area contributed by atoms with Crippen LogP contribution in [0.15, 0.2) is 91.0 Å². The highest BCUT2D eigenvalue weighted by atomic mass is 16.5. The zero-order chi connectivity index (χ0) is 27.2. The molecule has 2 amide bonds. The van der Waals surface area contributed by atoms with E-state index in [1.165, 1.54) is 0 Å². The molecule has 0 aliphatic carbocycles. The molecule has 2 atom stereocenters. The number of carbonyl (C=O) groups is 2. The van der Waals surface area contributed by atoms with Crippen LogP contribution in [-0.2, 0) is 22.6 Å². The van der Waals surface area contributed by atoms with Crippen molar-refractivity contribution in [2.45, 2.75) is 44.3 Å². The van der Waals surface area contributed by atoms with Gasteiger partial charge in [0, 0.05) is 18.4 Å². The number of nitrogens with zero attached hydrogens (tertiary/aromatic N) is 1. The molecule has 4 aromatic carbocycles. The molecule has 4 aromatic rings. The second-order valence-corrected chi connectivity index (χ2v) is 10.1. The van der Waals surface area contributed by atoms with Crippen LogP contribution in [0.1, 0.15) is 30.4 Å². The van der Waals surface area contributed by atoms with E-state index in [-0.39, 0.29) is 11.8 Å². The van der Waals surface area contributed by atoms with Gasteiger partial charge >= 0.3 is 0 Å². The van der Waals surface area contributed by atoms with Gasteiger partial charge < -0.3 is 20.7 Å². The van der Waals surface area contributed by atoms with Crippen LogP contribution in [-0.4, -0.2) is 42.5 Å². The van der Waals surface area contributed by atoms with Crippen molar-refractivity contribution in [1.82, 2.24) is 10.2 Å². The molecule has 1 saturated heterocycles. The van der Waals surface area contributed by atoms with Gasteiger partial charge in [0.15, 0.2) is 0 Å². The van der Waals surface area contributed by atoms with Gasteiger partial charge in [0.05, 0.1) is 7.11 Å². The third-order valence-corrected chi connectivity index (χ3v) is 7.51. The van der Waals surface area contributed by atoms with Gasteiger partial charge in [-0.3, -0.25) is 9.59 Å². The Kier molecular flexibility index (Phi) is 8.23. The van der Waals surface area contributed by atoms with Crippen LogP contribution in [0.25, 0.3) is 21.9 Å². The van der Waals surface area contributed by atoms with Crippen molar-refractivity contribution in [3.8, 4) is 16.9 Å². The first-order chi connectivity index (χ1) is 19.1. The molecule has 6 nitrogen and oxygen atoms in total. The number of hydrogen-bond donors (Lipinski definition) is 2. The zero-order valence-corrected chi connectivity index (χ0v) is 22.3. The average Bonchev–Trinajstić information content (AvgIpc) is 2.97. The molecule has 1 aliphatic heterocycles. The van der Waals surface area contributed by atoms with Crippen LogP contribution in [0, 0.1) is 0 Å². The summed E-state index contributed by atoms with van der Waals surface area (Å²) in [4.78, 5) is 29.0. The molecular weight excluding hydrogens is 486 g/mol. The number of piperazine rings is 1. The smallest absolute Gasteiger partial charge is 0.246 e. The monoisotopic (exact) mass is 521 g/mol. The molecule has 3 N–H and O–H groups in total. The van der Waals surface area contributed by atoms with Crippen molar-refractivity contribution in [2.24, 2.45) is 5.73 Å². The first kappa shape index (κ1) is 26.4. The maximum Gasteiger partial charge on any atom is 0.246 e. The number of nitrogens with one attached hydrogen (secondary N) is 1. The maximum absolute atomic E-state index is 13.9. The number of methoxy groups -OCH3 is 1. The van der Waals surface area contributed by atoms with Crippen LogP contribution < -0.4 is 15.8 Å². The molecule has 0 saturated carbocycles. The third-order valence-electron chi connectivity index (χ3n) is 7.51. The van der Waals surface area contributed by atoms with Crippen molar-refractivity contribution in [3.05, 3.63) is 102 Å². The summed E-state index contributed by atoms with van der Waals surface area (Å²) < 4.78 is 5.77. The van der Waals surface area contributed by atoms with E-state index in [1.54, 1.807) is 12.0 Å². The molecule has 0 bridgehead atoms. The van der Waals surface area contributed by atoms with Crippen molar-refractivity contribution < 1.29 is 14.3 Å². The average molecular weight is 522 g/mol. The molecule has 200 valence electrons. The molecule has 5 rings (SSSR count). The number of ether oxygens (including phenoxy) is 1. The van der Waals surface area contributed by atoms with Gasteiger partial charge in [0.1, 0.15) is 17.8 Å². The van der Waals surface area contributed by atoms with E-state index >= 15 is 0 Å². The van der Waals surface area contributed by atoms with E-state index in [9.17, 15) is 9.59 Å². The molecular formula is C33H35N3O3. The summed E-state index contributed by atoms with van der Waals surface area (Å²) in [6, 6.07) is 29.2. The summed E-state index contributed by atoms with van der Waals surface area (Å²) in [5.74, 6) is 0.551. The lowest BCUT2D eigenvalue weighted by atomic mass is 9.95. The minimum absolute atomic E-state index is 0.0744. The van der Waals surface area contributed by atoms with Crippen LogP contribution in [0.3, 0.4) is 0 Å². The molecule has 1 heterocycles.